The SMILES string of the molecule is CN(C[C@@H](NC(=O)N[C@H](C(=O)N1C[C@H]2[C@H](CCC2(C)C)[C@H]1C(=O)NC(CC1CCC1)C(=O)C(N)=O)C(C)(C)C)C(C)(C)C)[S+](C)[O-]. The second-order valence-corrected chi connectivity index (χ2v) is 18.1. The number of likely N-dealkylation sites (tertiary alicyclic amines) is 1. The van der Waals surface area contributed by atoms with Crippen LogP contribution in [-0.4, -0.2) is 93.9 Å². The molecule has 0 spiro atoms. The number of Topliss-reactive ketones (excluding diaryl/α,β-unsaturated/α-hetero) is 1. The number of likely N-dealkylation sites (N-methyl/N-ethyl adjacent to an activating group) is 1. The van der Waals surface area contributed by atoms with Crippen molar-refractivity contribution in [3.8, 4) is 0 Å². The van der Waals surface area contributed by atoms with E-state index in [1.54, 1.807) is 22.5 Å². The lowest BCUT2D eigenvalue weighted by molar-refractivity contribution is -0.144. The van der Waals surface area contributed by atoms with Gasteiger partial charge < -0.3 is 31.1 Å². The molecule has 0 aromatic carbocycles. The van der Waals surface area contributed by atoms with Gasteiger partial charge in [0.05, 0.1) is 18.6 Å². The van der Waals surface area contributed by atoms with Crippen LogP contribution in [0, 0.1) is 34.0 Å². The minimum atomic E-state index is -1.23. The lowest BCUT2D eigenvalue weighted by atomic mass is 9.79. The van der Waals surface area contributed by atoms with E-state index in [0.717, 1.165) is 32.1 Å². The fourth-order valence-electron chi connectivity index (χ4n) is 7.15. The molecule has 3 fully saturated rings. The Hall–Kier alpha value is -2.38. The summed E-state index contributed by atoms with van der Waals surface area (Å²) in [6.07, 6.45) is 6.45. The second-order valence-electron chi connectivity index (χ2n) is 16.6. The smallest absolute Gasteiger partial charge is 0.315 e. The van der Waals surface area contributed by atoms with E-state index in [1.807, 2.05) is 41.5 Å². The fraction of sp³-hybridized carbons (Fsp3) is 0.848. The third-order valence-electron chi connectivity index (χ3n) is 10.6. The number of carbonyl (C=O) groups excluding carboxylic acids is 5. The molecule has 2 saturated carbocycles. The number of carbonyl (C=O) groups is 5. The first-order valence-electron chi connectivity index (χ1n) is 16.6. The number of ketones is 1. The van der Waals surface area contributed by atoms with Gasteiger partial charge in [-0.3, -0.25) is 19.2 Å². The van der Waals surface area contributed by atoms with Crippen molar-refractivity contribution in [3.05, 3.63) is 0 Å². The largest absolute Gasteiger partial charge is 0.598 e. The molecule has 7 atom stereocenters. The first-order chi connectivity index (χ1) is 21.0. The van der Waals surface area contributed by atoms with Gasteiger partial charge >= 0.3 is 6.03 Å². The summed E-state index contributed by atoms with van der Waals surface area (Å²) in [7, 11) is 1.72. The van der Waals surface area contributed by atoms with E-state index in [9.17, 15) is 28.5 Å². The van der Waals surface area contributed by atoms with Gasteiger partial charge in [-0.2, -0.15) is 0 Å². The predicted octanol–water partition coefficient (Wildman–Crippen LogP) is 2.33. The van der Waals surface area contributed by atoms with Gasteiger partial charge in [0, 0.05) is 25.0 Å². The van der Waals surface area contributed by atoms with Crippen LogP contribution in [0.15, 0.2) is 0 Å². The van der Waals surface area contributed by atoms with Gasteiger partial charge in [0.1, 0.15) is 18.3 Å². The van der Waals surface area contributed by atoms with Crippen molar-refractivity contribution in [3.63, 3.8) is 0 Å². The molecule has 262 valence electrons. The van der Waals surface area contributed by atoms with Crippen molar-refractivity contribution >= 4 is 40.9 Å². The van der Waals surface area contributed by atoms with Crippen molar-refractivity contribution in [2.75, 3.05) is 26.4 Å². The van der Waals surface area contributed by atoms with Gasteiger partial charge in [0.25, 0.3) is 5.91 Å². The zero-order chi connectivity index (χ0) is 34.9. The highest BCUT2D eigenvalue weighted by molar-refractivity contribution is 7.88. The minimum absolute atomic E-state index is 0.0503. The van der Waals surface area contributed by atoms with Crippen molar-refractivity contribution in [2.45, 2.75) is 118 Å². The Balaban J connectivity index is 1.89. The molecule has 1 saturated heterocycles. The molecule has 0 aromatic heterocycles. The van der Waals surface area contributed by atoms with E-state index in [1.165, 1.54) is 0 Å². The molecule has 0 radical (unpaired) electrons. The van der Waals surface area contributed by atoms with Crippen LogP contribution in [0.3, 0.4) is 0 Å². The van der Waals surface area contributed by atoms with Crippen LogP contribution in [0.4, 0.5) is 4.79 Å². The highest BCUT2D eigenvalue weighted by Crippen LogP contribution is 2.53. The van der Waals surface area contributed by atoms with E-state index in [0.29, 0.717) is 19.5 Å². The Morgan fingerprint density at radius 1 is 1.00 bits per heavy atom. The molecule has 5 N–H and O–H groups in total. The molecule has 46 heavy (non-hydrogen) atoms. The van der Waals surface area contributed by atoms with Crippen LogP contribution in [-0.2, 0) is 30.5 Å². The van der Waals surface area contributed by atoms with Crippen LogP contribution in [0.25, 0.3) is 0 Å². The third-order valence-corrected chi connectivity index (χ3v) is 11.6. The molecule has 13 heteroatoms. The van der Waals surface area contributed by atoms with Gasteiger partial charge in [-0.1, -0.05) is 74.7 Å². The van der Waals surface area contributed by atoms with E-state index >= 15 is 0 Å². The Morgan fingerprint density at radius 2 is 1.61 bits per heavy atom. The summed E-state index contributed by atoms with van der Waals surface area (Å²) < 4.78 is 13.7. The van der Waals surface area contributed by atoms with Gasteiger partial charge in [-0.05, 0) is 53.3 Å². The summed E-state index contributed by atoms with van der Waals surface area (Å²) >= 11 is -1.23. The van der Waals surface area contributed by atoms with E-state index in [4.69, 9.17) is 5.73 Å². The highest BCUT2D eigenvalue weighted by Gasteiger charge is 2.57. The molecule has 5 amide bonds. The number of hydrogen-bond donors (Lipinski definition) is 4. The van der Waals surface area contributed by atoms with Crippen LogP contribution in [0.2, 0.25) is 0 Å². The number of urea groups is 1. The molecule has 3 aliphatic rings. The lowest BCUT2D eigenvalue weighted by Gasteiger charge is -2.38. The van der Waals surface area contributed by atoms with Gasteiger partial charge in [0.2, 0.25) is 17.6 Å². The molecule has 12 nitrogen and oxygen atoms in total. The van der Waals surface area contributed by atoms with Gasteiger partial charge in [-0.25, -0.2) is 4.79 Å². The average Bonchev–Trinajstić information content (AvgIpc) is 3.43. The maximum absolute atomic E-state index is 14.5. The van der Waals surface area contributed by atoms with Crippen LogP contribution < -0.4 is 21.7 Å². The first-order valence-corrected chi connectivity index (χ1v) is 18.1. The Morgan fingerprint density at radius 3 is 2.09 bits per heavy atom. The second kappa shape index (κ2) is 14.4. The zero-order valence-electron chi connectivity index (χ0n) is 29.5. The number of fused-ring (bicyclic) bond motifs is 1. The summed E-state index contributed by atoms with van der Waals surface area (Å²) in [5.41, 5.74) is 4.17. The first kappa shape index (κ1) is 38.1. The van der Waals surface area contributed by atoms with E-state index < -0.39 is 58.5 Å². The number of amides is 5. The summed E-state index contributed by atoms with van der Waals surface area (Å²) in [4.78, 5) is 68.4. The minimum Gasteiger partial charge on any atom is -0.598 e. The Bertz CT molecular complexity index is 1160. The molecule has 1 aliphatic heterocycles. The fourth-order valence-corrected chi connectivity index (χ4v) is 7.51. The third kappa shape index (κ3) is 8.94. The molecular weight excluding hydrogens is 608 g/mol. The number of nitrogens with one attached hydrogen (secondary N) is 3. The Kier molecular flexibility index (Phi) is 11.9. The Labute approximate surface area is 278 Å². The predicted molar refractivity (Wildman–Crippen MR) is 178 cm³/mol. The number of hydrogen-bond acceptors (Lipinski definition) is 7. The monoisotopic (exact) mass is 666 g/mol. The zero-order valence-corrected chi connectivity index (χ0v) is 30.3. The quantitative estimate of drug-likeness (QED) is 0.182. The van der Waals surface area contributed by atoms with Crippen molar-refractivity contribution < 1.29 is 28.5 Å². The maximum Gasteiger partial charge on any atom is 0.315 e. The molecule has 2 unspecified atom stereocenters. The van der Waals surface area contributed by atoms with Gasteiger partial charge in [0.15, 0.2) is 0 Å². The summed E-state index contributed by atoms with van der Waals surface area (Å²) in [5.74, 6) is -2.59. The molecular formula is C33H58N6O6S. The molecule has 0 bridgehead atoms. The van der Waals surface area contributed by atoms with Crippen molar-refractivity contribution in [1.82, 2.24) is 25.2 Å². The average molecular weight is 667 g/mol. The number of nitrogens with two attached hydrogens (primary N) is 1. The molecule has 0 aromatic rings. The molecule has 3 rings (SSSR count). The van der Waals surface area contributed by atoms with Crippen molar-refractivity contribution in [2.24, 2.45) is 39.7 Å². The van der Waals surface area contributed by atoms with E-state index in [-0.39, 0.29) is 40.5 Å². The van der Waals surface area contributed by atoms with Crippen LogP contribution >= 0.6 is 0 Å². The summed E-state index contributed by atoms with van der Waals surface area (Å²) in [6, 6.07) is -3.77. The summed E-state index contributed by atoms with van der Waals surface area (Å²) in [5, 5.41) is 8.76. The van der Waals surface area contributed by atoms with E-state index in [2.05, 4.69) is 29.8 Å². The lowest BCUT2D eigenvalue weighted by Crippen LogP contribution is -2.62. The van der Waals surface area contributed by atoms with Gasteiger partial charge in [-0.15, -0.1) is 4.31 Å². The summed E-state index contributed by atoms with van der Waals surface area (Å²) in [6.45, 7) is 16.5. The van der Waals surface area contributed by atoms with Crippen LogP contribution in [0.1, 0.15) is 93.9 Å². The highest BCUT2D eigenvalue weighted by atomic mass is 32.2. The van der Waals surface area contributed by atoms with Crippen molar-refractivity contribution in [1.29, 1.82) is 0 Å². The number of nitrogens with zero attached hydrogens (tertiary/aromatic N) is 2. The van der Waals surface area contributed by atoms with Crippen LogP contribution in [0.5, 0.6) is 0 Å². The standard InChI is InChI=1S/C33H58N6O6S/c1-31(2,3)23(18-38(9)46(10)45)36-30(44)37-26(32(4,5)6)29(43)39-17-21-20(14-15-33(21,7)8)24(39)28(42)35-22(25(40)27(34)41)16-19-12-11-13-19/h19-24,26H,11-18H2,1-10H3,(H2,34,41)(H,35,42)(H2,36,37,44)/t20-,21-,22?,23+,24-,26+,46?/m0/s1. The maximum atomic E-state index is 14.5. The number of primary amides is 1. The normalized spacial score (nSPS) is 25.6. The molecule has 1 heterocycles. The number of rotatable bonds is 12. The molecule has 2 aliphatic carbocycles. The topological polar surface area (TPSA) is 177 Å².